The number of likely N-dealkylation sites (tertiary alicyclic amines) is 1. The second kappa shape index (κ2) is 12.5. The second-order valence-corrected chi connectivity index (χ2v) is 9.56. The van der Waals surface area contributed by atoms with Gasteiger partial charge in [-0.3, -0.25) is 4.79 Å². The lowest BCUT2D eigenvalue weighted by Gasteiger charge is -2.13. The van der Waals surface area contributed by atoms with Crippen LogP contribution in [0.25, 0.3) is 10.9 Å². The van der Waals surface area contributed by atoms with Crippen LogP contribution in [0.4, 0.5) is 9.18 Å². The Morgan fingerprint density at radius 2 is 1.97 bits per heavy atom. The van der Waals surface area contributed by atoms with Crippen molar-refractivity contribution >= 4 is 22.8 Å². The lowest BCUT2D eigenvalue weighted by atomic mass is 10.0. The van der Waals surface area contributed by atoms with Gasteiger partial charge in [0, 0.05) is 36.7 Å². The molecule has 0 bridgehead atoms. The molecule has 36 heavy (non-hydrogen) atoms. The molecule has 1 saturated heterocycles. The molecule has 0 aliphatic carbocycles. The van der Waals surface area contributed by atoms with Gasteiger partial charge in [0.25, 0.3) is 0 Å². The normalized spacial score (nSPS) is 15.5. The molecule has 2 heterocycles. The maximum atomic E-state index is 14.4. The van der Waals surface area contributed by atoms with Crippen LogP contribution < -0.4 is 11.1 Å². The first-order chi connectivity index (χ1) is 17.5. The molecular formula is C28H35FN4O3. The van der Waals surface area contributed by atoms with Crippen molar-refractivity contribution in [1.29, 1.82) is 0 Å². The van der Waals surface area contributed by atoms with E-state index < -0.39 is 0 Å². The highest BCUT2D eigenvalue weighted by molar-refractivity contribution is 5.83. The van der Waals surface area contributed by atoms with E-state index in [1.165, 1.54) is 11.6 Å². The second-order valence-electron chi connectivity index (χ2n) is 9.56. The fourth-order valence-corrected chi connectivity index (χ4v) is 4.88. The number of hydrogen-bond acceptors (Lipinski definition) is 3. The van der Waals surface area contributed by atoms with E-state index in [0.717, 1.165) is 61.7 Å². The summed E-state index contributed by atoms with van der Waals surface area (Å²) in [6.45, 7) is 2.31. The van der Waals surface area contributed by atoms with Gasteiger partial charge in [0.2, 0.25) is 5.91 Å². The van der Waals surface area contributed by atoms with Crippen molar-refractivity contribution in [1.82, 2.24) is 15.2 Å². The number of unbranched alkanes of at least 4 members (excludes halogenated alkanes) is 1. The molecule has 8 heteroatoms. The number of rotatable bonds is 12. The van der Waals surface area contributed by atoms with Crippen LogP contribution in [0.1, 0.15) is 42.4 Å². The summed E-state index contributed by atoms with van der Waals surface area (Å²) >= 11 is 0. The van der Waals surface area contributed by atoms with E-state index in [9.17, 15) is 14.0 Å². The molecule has 1 unspecified atom stereocenters. The highest BCUT2D eigenvalue weighted by Gasteiger charge is 2.24. The highest BCUT2D eigenvalue weighted by Crippen LogP contribution is 2.22. The number of nitrogens with two attached hydrogens (primary N) is 1. The number of primary amides is 1. The zero-order valence-corrected chi connectivity index (χ0v) is 20.6. The van der Waals surface area contributed by atoms with Gasteiger partial charge in [-0.05, 0) is 66.8 Å². The summed E-state index contributed by atoms with van der Waals surface area (Å²) in [5, 5.41) is 4.04. The van der Waals surface area contributed by atoms with Crippen molar-refractivity contribution in [3.05, 3.63) is 71.2 Å². The molecule has 0 saturated carbocycles. The van der Waals surface area contributed by atoms with Gasteiger partial charge in [-0.1, -0.05) is 36.8 Å². The van der Waals surface area contributed by atoms with Crippen LogP contribution in [0.2, 0.25) is 0 Å². The van der Waals surface area contributed by atoms with E-state index in [-0.39, 0.29) is 31.0 Å². The van der Waals surface area contributed by atoms with Gasteiger partial charge in [-0.25, -0.2) is 9.18 Å². The average Bonchev–Trinajstić information content (AvgIpc) is 3.51. The minimum absolute atomic E-state index is 0.0295. The standard InChI is InChI=1S/C28H35FN4O3/c29-25-11-8-21(15-22(25)9-10-23-16-32-26-7-2-1-6-24(23)26)18-36-19-27(34)31-13-4-3-5-20-12-14-33(17-20)28(30)35/h1-2,6-8,11,15-16,20,32H,3-5,9-10,12-14,17-19H2,(H2,30,35)(H,31,34). The molecule has 7 nitrogen and oxygen atoms in total. The minimum atomic E-state index is -0.341. The topological polar surface area (TPSA) is 100 Å². The maximum Gasteiger partial charge on any atom is 0.314 e. The third-order valence-corrected chi connectivity index (χ3v) is 6.91. The number of aromatic amines is 1. The molecule has 3 aromatic rings. The summed E-state index contributed by atoms with van der Waals surface area (Å²) in [7, 11) is 0. The molecule has 1 aromatic heterocycles. The quantitative estimate of drug-likeness (QED) is 0.327. The zero-order chi connectivity index (χ0) is 25.3. The predicted octanol–water partition coefficient (Wildman–Crippen LogP) is 4.30. The van der Waals surface area contributed by atoms with Crippen molar-refractivity contribution in [2.45, 2.75) is 45.1 Å². The van der Waals surface area contributed by atoms with Gasteiger partial charge >= 0.3 is 6.03 Å². The number of para-hydroxylation sites is 1. The Labute approximate surface area is 211 Å². The van der Waals surface area contributed by atoms with Crippen LogP contribution >= 0.6 is 0 Å². The minimum Gasteiger partial charge on any atom is -0.367 e. The molecule has 1 atom stereocenters. The first-order valence-corrected chi connectivity index (χ1v) is 12.7. The number of nitrogens with one attached hydrogen (secondary N) is 2. The summed E-state index contributed by atoms with van der Waals surface area (Å²) in [4.78, 5) is 28.2. The number of carbonyl (C=O) groups is 2. The molecule has 192 valence electrons. The first-order valence-electron chi connectivity index (χ1n) is 12.7. The van der Waals surface area contributed by atoms with Gasteiger partial charge in [0.15, 0.2) is 0 Å². The van der Waals surface area contributed by atoms with Crippen LogP contribution in [-0.4, -0.2) is 48.1 Å². The molecule has 1 aliphatic heterocycles. The number of fused-ring (bicyclic) bond motifs is 1. The van der Waals surface area contributed by atoms with Crippen molar-refractivity contribution in [2.75, 3.05) is 26.2 Å². The van der Waals surface area contributed by atoms with E-state index in [4.69, 9.17) is 10.5 Å². The summed E-state index contributed by atoms with van der Waals surface area (Å²) in [6, 6.07) is 12.7. The van der Waals surface area contributed by atoms with Crippen LogP contribution in [0.15, 0.2) is 48.7 Å². The lowest BCUT2D eigenvalue weighted by Crippen LogP contribution is -2.33. The van der Waals surface area contributed by atoms with Gasteiger partial charge < -0.3 is 25.7 Å². The van der Waals surface area contributed by atoms with Gasteiger partial charge in [-0.2, -0.15) is 0 Å². The summed E-state index contributed by atoms with van der Waals surface area (Å²) in [6.07, 6.45) is 7.22. The Morgan fingerprint density at radius 1 is 1.14 bits per heavy atom. The lowest BCUT2D eigenvalue weighted by molar-refractivity contribution is -0.126. The number of nitrogens with zero attached hydrogens (tertiary/aromatic N) is 1. The van der Waals surface area contributed by atoms with Crippen LogP contribution in [0.3, 0.4) is 0 Å². The highest BCUT2D eigenvalue weighted by atomic mass is 19.1. The SMILES string of the molecule is NC(=O)N1CCC(CCCCNC(=O)COCc2ccc(F)c(CCc3c[nH]c4ccccc34)c2)C1. The van der Waals surface area contributed by atoms with E-state index >= 15 is 0 Å². The van der Waals surface area contributed by atoms with Crippen molar-refractivity contribution in [3.8, 4) is 0 Å². The maximum absolute atomic E-state index is 14.4. The zero-order valence-electron chi connectivity index (χ0n) is 20.6. The molecule has 0 spiro atoms. The first kappa shape index (κ1) is 25.7. The van der Waals surface area contributed by atoms with Gasteiger partial charge in [0.1, 0.15) is 12.4 Å². The third kappa shape index (κ3) is 7.07. The fraction of sp³-hybridized carbons (Fsp3) is 0.429. The fourth-order valence-electron chi connectivity index (χ4n) is 4.88. The smallest absolute Gasteiger partial charge is 0.314 e. The number of carbonyl (C=O) groups excluding carboxylic acids is 2. The molecule has 4 rings (SSSR count). The molecule has 4 N–H and O–H groups in total. The van der Waals surface area contributed by atoms with Crippen molar-refractivity contribution in [2.24, 2.45) is 11.7 Å². The Balaban J connectivity index is 1.13. The Hall–Kier alpha value is -3.39. The Morgan fingerprint density at radius 3 is 2.81 bits per heavy atom. The van der Waals surface area contributed by atoms with Gasteiger partial charge in [0.05, 0.1) is 6.61 Å². The van der Waals surface area contributed by atoms with E-state index in [1.54, 1.807) is 11.0 Å². The number of halogens is 1. The van der Waals surface area contributed by atoms with E-state index in [2.05, 4.69) is 16.4 Å². The molecule has 0 radical (unpaired) electrons. The van der Waals surface area contributed by atoms with Crippen LogP contribution in [0, 0.1) is 11.7 Å². The van der Waals surface area contributed by atoms with Crippen molar-refractivity contribution in [3.63, 3.8) is 0 Å². The summed E-state index contributed by atoms with van der Waals surface area (Å²) in [5.74, 6) is 0.119. The molecule has 2 aromatic carbocycles. The largest absolute Gasteiger partial charge is 0.367 e. The van der Waals surface area contributed by atoms with Crippen LogP contribution in [0.5, 0.6) is 0 Å². The summed E-state index contributed by atoms with van der Waals surface area (Å²) in [5.41, 5.74) is 9.06. The number of ether oxygens (including phenoxy) is 1. The predicted molar refractivity (Wildman–Crippen MR) is 138 cm³/mol. The number of amides is 3. The number of H-pyrrole nitrogens is 1. The molecule has 1 fully saturated rings. The van der Waals surface area contributed by atoms with Crippen LogP contribution in [-0.2, 0) is 29.0 Å². The number of aromatic nitrogens is 1. The van der Waals surface area contributed by atoms with E-state index in [1.807, 2.05) is 30.5 Å². The molecule has 3 amide bonds. The Bertz CT molecular complexity index is 1180. The number of urea groups is 1. The number of benzene rings is 2. The number of hydrogen-bond donors (Lipinski definition) is 3. The Kier molecular flexibility index (Phi) is 8.95. The third-order valence-electron chi connectivity index (χ3n) is 6.91. The van der Waals surface area contributed by atoms with E-state index in [0.29, 0.717) is 24.4 Å². The van der Waals surface area contributed by atoms with Crippen molar-refractivity contribution < 1.29 is 18.7 Å². The molecular weight excluding hydrogens is 459 g/mol. The number of aryl methyl sites for hydroxylation is 2. The average molecular weight is 495 g/mol. The monoisotopic (exact) mass is 494 g/mol. The van der Waals surface area contributed by atoms with Gasteiger partial charge in [-0.15, -0.1) is 0 Å². The summed E-state index contributed by atoms with van der Waals surface area (Å²) < 4.78 is 20.0. The molecule has 1 aliphatic rings.